The first-order valence-corrected chi connectivity index (χ1v) is 6.15. The quantitative estimate of drug-likeness (QED) is 0.700. The third kappa shape index (κ3) is 3.56. The van der Waals surface area contributed by atoms with Crippen molar-refractivity contribution in [1.82, 2.24) is 20.4 Å². The predicted molar refractivity (Wildman–Crippen MR) is 65.4 cm³/mol. The van der Waals surface area contributed by atoms with Gasteiger partial charge in [-0.15, -0.1) is 0 Å². The molecule has 0 atom stereocenters. The zero-order valence-electron chi connectivity index (χ0n) is 10.5. The van der Waals surface area contributed by atoms with Gasteiger partial charge in [0.1, 0.15) is 0 Å². The maximum Gasteiger partial charge on any atom is 0.223 e. The fraction of sp³-hybridized carbons (Fsp3) is 0.667. The first-order chi connectivity index (χ1) is 8.16. The summed E-state index contributed by atoms with van der Waals surface area (Å²) in [5.74, 6) is 0.512. The molecular weight excluding hydrogens is 216 g/mol. The van der Waals surface area contributed by atoms with E-state index in [2.05, 4.69) is 21.8 Å². The second kappa shape index (κ2) is 5.31. The van der Waals surface area contributed by atoms with Crippen LogP contribution in [0.3, 0.4) is 0 Å². The molecule has 0 saturated heterocycles. The van der Waals surface area contributed by atoms with E-state index in [0.717, 1.165) is 37.3 Å². The second-order valence-corrected chi connectivity index (χ2v) is 4.64. The lowest BCUT2D eigenvalue weighted by molar-refractivity contribution is -0.122. The molecule has 1 aromatic rings. The Morgan fingerprint density at radius 3 is 2.88 bits per heavy atom. The van der Waals surface area contributed by atoms with E-state index in [9.17, 15) is 4.79 Å². The minimum atomic E-state index is 0.211. The zero-order valence-corrected chi connectivity index (χ0v) is 10.5. The molecule has 1 aliphatic rings. The summed E-state index contributed by atoms with van der Waals surface area (Å²) in [6, 6.07) is 2.07. The minimum Gasteiger partial charge on any atom is -0.355 e. The van der Waals surface area contributed by atoms with E-state index >= 15 is 0 Å². The number of aromatic nitrogens is 2. The Balaban J connectivity index is 1.59. The van der Waals surface area contributed by atoms with Crippen molar-refractivity contribution in [2.24, 2.45) is 13.0 Å². The van der Waals surface area contributed by atoms with Crippen molar-refractivity contribution in [2.75, 3.05) is 13.1 Å². The smallest absolute Gasteiger partial charge is 0.223 e. The van der Waals surface area contributed by atoms with Gasteiger partial charge in [0.05, 0.1) is 11.4 Å². The number of aryl methyl sites for hydroxylation is 2. The first-order valence-electron chi connectivity index (χ1n) is 6.15. The van der Waals surface area contributed by atoms with E-state index in [-0.39, 0.29) is 5.91 Å². The monoisotopic (exact) mass is 236 g/mol. The molecule has 0 aliphatic heterocycles. The third-order valence-corrected chi connectivity index (χ3v) is 2.95. The minimum absolute atomic E-state index is 0.211. The van der Waals surface area contributed by atoms with Crippen LogP contribution in [0, 0.1) is 12.8 Å². The molecule has 2 rings (SSSR count). The van der Waals surface area contributed by atoms with E-state index in [1.165, 1.54) is 0 Å². The van der Waals surface area contributed by atoms with Gasteiger partial charge in [0.15, 0.2) is 0 Å². The highest BCUT2D eigenvalue weighted by Gasteiger charge is 2.28. The van der Waals surface area contributed by atoms with Crippen molar-refractivity contribution in [3.05, 3.63) is 17.5 Å². The van der Waals surface area contributed by atoms with Crippen LogP contribution in [0.1, 0.15) is 24.2 Å². The maximum atomic E-state index is 11.3. The number of carbonyl (C=O) groups is 1. The van der Waals surface area contributed by atoms with Gasteiger partial charge in [-0.2, -0.15) is 5.10 Å². The van der Waals surface area contributed by atoms with Crippen LogP contribution in [0.15, 0.2) is 6.07 Å². The first kappa shape index (κ1) is 12.1. The molecule has 94 valence electrons. The van der Waals surface area contributed by atoms with E-state index in [4.69, 9.17) is 0 Å². The Bertz CT molecular complexity index is 395. The van der Waals surface area contributed by atoms with Gasteiger partial charge in [-0.3, -0.25) is 9.48 Å². The molecule has 5 heteroatoms. The van der Waals surface area contributed by atoms with E-state index in [1.54, 1.807) is 0 Å². The number of carbonyl (C=O) groups excluding carboxylic acids is 1. The molecule has 0 radical (unpaired) electrons. The highest BCUT2D eigenvalue weighted by Crippen LogP contribution is 2.28. The Kier molecular flexibility index (Phi) is 3.78. The van der Waals surface area contributed by atoms with Crippen LogP contribution in [0.2, 0.25) is 0 Å². The summed E-state index contributed by atoms with van der Waals surface area (Å²) in [4.78, 5) is 11.3. The highest BCUT2D eigenvalue weighted by atomic mass is 16.2. The number of amides is 1. The largest absolute Gasteiger partial charge is 0.355 e. The van der Waals surface area contributed by atoms with Crippen molar-refractivity contribution in [3.8, 4) is 0 Å². The van der Waals surface area contributed by atoms with Crippen molar-refractivity contribution in [3.63, 3.8) is 0 Å². The topological polar surface area (TPSA) is 58.9 Å². The summed E-state index contributed by atoms with van der Waals surface area (Å²) < 4.78 is 1.88. The van der Waals surface area contributed by atoms with Crippen LogP contribution < -0.4 is 10.6 Å². The van der Waals surface area contributed by atoms with Gasteiger partial charge in [0, 0.05) is 32.6 Å². The molecule has 1 aromatic heterocycles. The number of hydrogen-bond acceptors (Lipinski definition) is 3. The molecule has 0 unspecified atom stereocenters. The molecule has 1 fully saturated rings. The van der Waals surface area contributed by atoms with Gasteiger partial charge in [-0.1, -0.05) is 0 Å². The Labute approximate surface area is 102 Å². The fourth-order valence-electron chi connectivity index (χ4n) is 1.81. The lowest BCUT2D eigenvalue weighted by Crippen LogP contribution is -2.32. The SMILES string of the molecule is Cc1cc(CNCCNC(=O)C2CC2)n(C)n1. The van der Waals surface area contributed by atoms with Crippen LogP contribution in [0.25, 0.3) is 0 Å². The van der Waals surface area contributed by atoms with Crippen molar-refractivity contribution < 1.29 is 4.79 Å². The third-order valence-electron chi connectivity index (χ3n) is 2.95. The van der Waals surface area contributed by atoms with Crippen LogP contribution in [-0.4, -0.2) is 28.8 Å². The summed E-state index contributed by atoms with van der Waals surface area (Å²) in [5, 5.41) is 10.5. The summed E-state index contributed by atoms with van der Waals surface area (Å²) >= 11 is 0. The van der Waals surface area contributed by atoms with Crippen molar-refractivity contribution in [2.45, 2.75) is 26.3 Å². The molecule has 1 amide bonds. The Morgan fingerprint density at radius 1 is 1.53 bits per heavy atom. The molecule has 5 nitrogen and oxygen atoms in total. The Morgan fingerprint density at radius 2 is 2.29 bits per heavy atom. The van der Waals surface area contributed by atoms with Crippen LogP contribution in [0.4, 0.5) is 0 Å². The van der Waals surface area contributed by atoms with Gasteiger partial charge in [-0.25, -0.2) is 0 Å². The lowest BCUT2D eigenvalue weighted by Gasteiger charge is -2.06. The molecule has 0 aromatic carbocycles. The number of rotatable bonds is 6. The van der Waals surface area contributed by atoms with Crippen LogP contribution in [0.5, 0.6) is 0 Å². The summed E-state index contributed by atoms with van der Waals surface area (Å²) in [6.07, 6.45) is 2.13. The molecular formula is C12H20N4O. The number of nitrogens with zero attached hydrogens (tertiary/aromatic N) is 2. The molecule has 1 heterocycles. The van der Waals surface area contributed by atoms with Gasteiger partial charge < -0.3 is 10.6 Å². The number of hydrogen-bond donors (Lipinski definition) is 2. The van der Waals surface area contributed by atoms with E-state index < -0.39 is 0 Å². The molecule has 0 spiro atoms. The van der Waals surface area contributed by atoms with E-state index in [1.807, 2.05) is 18.7 Å². The normalized spacial score (nSPS) is 14.9. The molecule has 1 aliphatic carbocycles. The fourth-order valence-corrected chi connectivity index (χ4v) is 1.81. The van der Waals surface area contributed by atoms with Crippen LogP contribution >= 0.6 is 0 Å². The molecule has 17 heavy (non-hydrogen) atoms. The van der Waals surface area contributed by atoms with E-state index in [0.29, 0.717) is 12.5 Å². The average molecular weight is 236 g/mol. The molecule has 2 N–H and O–H groups in total. The summed E-state index contributed by atoms with van der Waals surface area (Å²) in [7, 11) is 1.94. The Hall–Kier alpha value is -1.36. The summed E-state index contributed by atoms with van der Waals surface area (Å²) in [6.45, 7) is 4.27. The molecule has 1 saturated carbocycles. The van der Waals surface area contributed by atoms with Gasteiger partial charge >= 0.3 is 0 Å². The number of nitrogens with one attached hydrogen (secondary N) is 2. The van der Waals surface area contributed by atoms with Crippen molar-refractivity contribution in [1.29, 1.82) is 0 Å². The summed E-state index contributed by atoms with van der Waals surface area (Å²) in [5.41, 5.74) is 2.20. The molecule has 0 bridgehead atoms. The predicted octanol–water partition coefficient (Wildman–Crippen LogP) is 0.344. The van der Waals surface area contributed by atoms with Crippen LogP contribution in [-0.2, 0) is 18.4 Å². The van der Waals surface area contributed by atoms with Gasteiger partial charge in [0.2, 0.25) is 5.91 Å². The standard InChI is InChI=1S/C12H20N4O/c1-9-7-11(16(2)15-9)8-13-5-6-14-12(17)10-3-4-10/h7,10,13H,3-6,8H2,1-2H3,(H,14,17). The lowest BCUT2D eigenvalue weighted by atomic mass is 10.3. The van der Waals surface area contributed by atoms with Gasteiger partial charge in [-0.05, 0) is 25.8 Å². The maximum absolute atomic E-state index is 11.3. The average Bonchev–Trinajstić information content (AvgIpc) is 3.06. The second-order valence-electron chi connectivity index (χ2n) is 4.64. The zero-order chi connectivity index (χ0) is 12.3. The van der Waals surface area contributed by atoms with Crippen molar-refractivity contribution >= 4 is 5.91 Å². The highest BCUT2D eigenvalue weighted by molar-refractivity contribution is 5.80. The van der Waals surface area contributed by atoms with Gasteiger partial charge in [0.25, 0.3) is 0 Å².